The van der Waals surface area contributed by atoms with E-state index in [4.69, 9.17) is 23.2 Å². The summed E-state index contributed by atoms with van der Waals surface area (Å²) >= 11 is 12.2. The summed E-state index contributed by atoms with van der Waals surface area (Å²) in [5.74, 6) is 0.117. The molecule has 0 saturated carbocycles. The van der Waals surface area contributed by atoms with Crippen LogP contribution in [0.4, 0.5) is 0 Å². The van der Waals surface area contributed by atoms with Gasteiger partial charge >= 0.3 is 0 Å². The largest absolute Gasteiger partial charge is 0.340 e. The van der Waals surface area contributed by atoms with Crippen molar-refractivity contribution >= 4 is 29.0 Å². The molecule has 1 atom stereocenters. The van der Waals surface area contributed by atoms with Crippen molar-refractivity contribution in [3.05, 3.63) is 69.5 Å². The van der Waals surface area contributed by atoms with Crippen molar-refractivity contribution in [2.24, 2.45) is 0 Å². The topological polar surface area (TPSA) is 20.3 Å². The van der Waals surface area contributed by atoms with Gasteiger partial charge < -0.3 is 4.90 Å². The SMILES string of the molecule is CC1=CC2=CC(=O)CC(c3ccc(Cl)cc3Cl)N2C=C1. The number of rotatable bonds is 1. The van der Waals surface area contributed by atoms with Gasteiger partial charge in [0.15, 0.2) is 5.78 Å². The Balaban J connectivity index is 2.05. The molecule has 0 bridgehead atoms. The van der Waals surface area contributed by atoms with E-state index in [1.165, 1.54) is 0 Å². The molecule has 1 unspecified atom stereocenters. The summed E-state index contributed by atoms with van der Waals surface area (Å²) in [5, 5.41) is 1.19. The summed E-state index contributed by atoms with van der Waals surface area (Å²) in [6.07, 6.45) is 8.15. The summed E-state index contributed by atoms with van der Waals surface area (Å²) in [6, 6.07) is 5.34. The smallest absolute Gasteiger partial charge is 0.160 e. The normalized spacial score (nSPS) is 21.4. The van der Waals surface area contributed by atoms with Gasteiger partial charge in [-0.1, -0.05) is 29.3 Å². The van der Waals surface area contributed by atoms with E-state index in [9.17, 15) is 4.79 Å². The number of allylic oxidation sites excluding steroid dienone is 4. The van der Waals surface area contributed by atoms with Gasteiger partial charge in [0.2, 0.25) is 0 Å². The molecule has 4 heteroatoms. The first-order chi connectivity index (χ1) is 9.54. The Labute approximate surface area is 128 Å². The fourth-order valence-corrected chi connectivity index (χ4v) is 3.12. The van der Waals surface area contributed by atoms with Crippen LogP contribution in [0.15, 0.2) is 53.9 Å². The molecule has 0 amide bonds. The highest BCUT2D eigenvalue weighted by atomic mass is 35.5. The Bertz CT molecular complexity index is 673. The molecule has 2 aliphatic heterocycles. The third-order valence-electron chi connectivity index (χ3n) is 3.53. The Morgan fingerprint density at radius 2 is 2.05 bits per heavy atom. The van der Waals surface area contributed by atoms with Crippen molar-refractivity contribution in [1.29, 1.82) is 0 Å². The van der Waals surface area contributed by atoms with Crippen LogP contribution in [0.2, 0.25) is 10.0 Å². The van der Waals surface area contributed by atoms with Crippen LogP contribution < -0.4 is 0 Å². The molecule has 0 N–H and O–H groups in total. The standard InChI is InChI=1S/C16H13Cl2NO/c1-10-4-5-19-12(6-10)8-13(20)9-16(19)14-3-2-11(17)7-15(14)18/h2-8,16H,9H2,1H3. The molecule has 2 nitrogen and oxygen atoms in total. The molecule has 0 aromatic heterocycles. The zero-order chi connectivity index (χ0) is 14.3. The van der Waals surface area contributed by atoms with Gasteiger partial charge in [-0.3, -0.25) is 4.79 Å². The van der Waals surface area contributed by atoms with Crippen LogP contribution in [0.1, 0.15) is 24.9 Å². The van der Waals surface area contributed by atoms with E-state index >= 15 is 0 Å². The Morgan fingerprint density at radius 3 is 2.80 bits per heavy atom. The maximum atomic E-state index is 12.0. The molecule has 3 rings (SSSR count). The summed E-state index contributed by atoms with van der Waals surface area (Å²) in [6.45, 7) is 2.01. The van der Waals surface area contributed by atoms with E-state index in [1.807, 2.05) is 31.3 Å². The molecule has 0 fully saturated rings. The first-order valence-electron chi connectivity index (χ1n) is 6.39. The van der Waals surface area contributed by atoms with Crippen LogP contribution >= 0.6 is 23.2 Å². The van der Waals surface area contributed by atoms with E-state index in [0.717, 1.165) is 16.8 Å². The second-order valence-corrected chi connectivity index (χ2v) is 5.88. The molecule has 0 aliphatic carbocycles. The summed E-state index contributed by atoms with van der Waals surface area (Å²) in [7, 11) is 0. The number of nitrogens with zero attached hydrogens (tertiary/aromatic N) is 1. The number of carbonyl (C=O) groups excluding carboxylic acids is 1. The zero-order valence-corrected chi connectivity index (χ0v) is 12.4. The second kappa shape index (κ2) is 5.12. The van der Waals surface area contributed by atoms with Crippen LogP contribution in [0.5, 0.6) is 0 Å². The Kier molecular flexibility index (Phi) is 3.45. The van der Waals surface area contributed by atoms with E-state index in [1.54, 1.807) is 18.2 Å². The van der Waals surface area contributed by atoms with Gasteiger partial charge in [-0.15, -0.1) is 0 Å². The van der Waals surface area contributed by atoms with Crippen molar-refractivity contribution in [2.45, 2.75) is 19.4 Å². The number of benzene rings is 1. The van der Waals surface area contributed by atoms with Crippen LogP contribution in [0, 0.1) is 0 Å². The lowest BCUT2D eigenvalue weighted by atomic mass is 9.93. The second-order valence-electron chi connectivity index (χ2n) is 5.03. The molecule has 1 aromatic carbocycles. The lowest BCUT2D eigenvalue weighted by Crippen LogP contribution is -2.30. The first-order valence-corrected chi connectivity index (χ1v) is 7.14. The maximum absolute atomic E-state index is 12.0. The predicted octanol–water partition coefficient (Wildman–Crippen LogP) is 4.67. The number of carbonyl (C=O) groups is 1. The highest BCUT2D eigenvalue weighted by Crippen LogP contribution is 2.38. The monoisotopic (exact) mass is 305 g/mol. The Morgan fingerprint density at radius 1 is 1.25 bits per heavy atom. The molecule has 102 valence electrons. The molecular formula is C16H13Cl2NO. The fraction of sp³-hybridized carbons (Fsp3) is 0.188. The fourth-order valence-electron chi connectivity index (χ4n) is 2.58. The third-order valence-corrected chi connectivity index (χ3v) is 4.09. The lowest BCUT2D eigenvalue weighted by Gasteiger charge is -2.36. The van der Waals surface area contributed by atoms with Crippen molar-refractivity contribution < 1.29 is 4.79 Å². The van der Waals surface area contributed by atoms with Gasteiger partial charge in [-0.2, -0.15) is 0 Å². The molecule has 2 aliphatic rings. The Hall–Kier alpha value is -1.51. The van der Waals surface area contributed by atoms with Gasteiger partial charge in [0, 0.05) is 34.4 Å². The molecule has 0 radical (unpaired) electrons. The van der Waals surface area contributed by atoms with Crippen LogP contribution in [0.25, 0.3) is 0 Å². The number of hydrogen-bond donors (Lipinski definition) is 0. The highest BCUT2D eigenvalue weighted by Gasteiger charge is 2.29. The van der Waals surface area contributed by atoms with E-state index in [0.29, 0.717) is 16.5 Å². The highest BCUT2D eigenvalue weighted by molar-refractivity contribution is 6.35. The average molecular weight is 306 g/mol. The molecule has 2 heterocycles. The van der Waals surface area contributed by atoms with Crippen molar-refractivity contribution in [2.75, 3.05) is 0 Å². The maximum Gasteiger partial charge on any atom is 0.160 e. The minimum absolute atomic E-state index is 0.0760. The molecule has 0 spiro atoms. The minimum atomic E-state index is -0.0760. The number of ketones is 1. The van der Waals surface area contributed by atoms with E-state index < -0.39 is 0 Å². The zero-order valence-electron chi connectivity index (χ0n) is 10.9. The van der Waals surface area contributed by atoms with Gasteiger partial charge in [0.25, 0.3) is 0 Å². The summed E-state index contributed by atoms with van der Waals surface area (Å²) < 4.78 is 0. The predicted molar refractivity (Wildman–Crippen MR) is 81.6 cm³/mol. The van der Waals surface area contributed by atoms with Gasteiger partial charge in [-0.25, -0.2) is 0 Å². The van der Waals surface area contributed by atoms with Crippen molar-refractivity contribution in [3.63, 3.8) is 0 Å². The quantitative estimate of drug-likeness (QED) is 0.751. The lowest BCUT2D eigenvalue weighted by molar-refractivity contribution is -0.116. The molecule has 20 heavy (non-hydrogen) atoms. The summed E-state index contributed by atoms with van der Waals surface area (Å²) in [4.78, 5) is 14.0. The van der Waals surface area contributed by atoms with E-state index in [2.05, 4.69) is 4.90 Å². The number of hydrogen-bond acceptors (Lipinski definition) is 2. The summed E-state index contributed by atoms with van der Waals surface area (Å²) in [5.41, 5.74) is 2.97. The first kappa shape index (κ1) is 13.5. The number of fused-ring (bicyclic) bond motifs is 1. The molecular weight excluding hydrogens is 293 g/mol. The van der Waals surface area contributed by atoms with Gasteiger partial charge in [0.05, 0.1) is 6.04 Å². The van der Waals surface area contributed by atoms with Gasteiger partial charge in [-0.05, 0) is 42.3 Å². The molecule has 0 saturated heterocycles. The molecule has 1 aromatic rings. The van der Waals surface area contributed by atoms with Crippen LogP contribution in [0.3, 0.4) is 0 Å². The third kappa shape index (κ3) is 2.41. The average Bonchev–Trinajstić information content (AvgIpc) is 2.37. The van der Waals surface area contributed by atoms with Gasteiger partial charge in [0.1, 0.15) is 0 Å². The number of halogens is 2. The van der Waals surface area contributed by atoms with Crippen molar-refractivity contribution in [1.82, 2.24) is 4.90 Å². The minimum Gasteiger partial charge on any atom is -0.340 e. The van der Waals surface area contributed by atoms with Crippen LogP contribution in [-0.4, -0.2) is 10.7 Å². The van der Waals surface area contributed by atoms with E-state index in [-0.39, 0.29) is 11.8 Å². The van der Waals surface area contributed by atoms with Crippen LogP contribution in [-0.2, 0) is 4.79 Å². The van der Waals surface area contributed by atoms with Crippen molar-refractivity contribution in [3.8, 4) is 0 Å².